The quantitative estimate of drug-likeness (QED) is 0.826. The van der Waals surface area contributed by atoms with Crippen molar-refractivity contribution in [2.75, 3.05) is 37.6 Å². The molecule has 2 rings (SSSR count). The van der Waals surface area contributed by atoms with E-state index in [1.54, 1.807) is 0 Å². The molecule has 0 spiro atoms. The van der Waals surface area contributed by atoms with Gasteiger partial charge in [-0.25, -0.2) is 4.98 Å². The number of hydrogen-bond acceptors (Lipinski definition) is 4. The van der Waals surface area contributed by atoms with Crippen LogP contribution in [0.25, 0.3) is 0 Å². The van der Waals surface area contributed by atoms with Crippen LogP contribution >= 0.6 is 12.2 Å². The second kappa shape index (κ2) is 6.11. The van der Waals surface area contributed by atoms with E-state index in [9.17, 15) is 0 Å². The molecule has 2 heterocycles. The van der Waals surface area contributed by atoms with Gasteiger partial charge in [0.25, 0.3) is 0 Å². The van der Waals surface area contributed by atoms with E-state index in [-0.39, 0.29) is 0 Å². The van der Waals surface area contributed by atoms with E-state index in [1.807, 2.05) is 18.3 Å². The number of hydrogen-bond donors (Lipinski definition) is 1. The number of nitrogens with two attached hydrogens (primary N) is 1. The molecule has 4 nitrogen and oxygen atoms in total. The molecule has 0 amide bonds. The highest BCUT2D eigenvalue weighted by Gasteiger charge is 2.19. The Hall–Kier alpha value is -1.20. The summed E-state index contributed by atoms with van der Waals surface area (Å²) in [5.41, 5.74) is 5.66. The summed E-state index contributed by atoms with van der Waals surface area (Å²) in [7, 11) is 0. The first-order valence-corrected chi connectivity index (χ1v) is 6.75. The Bertz CT molecular complexity index is 387. The molecule has 0 radical (unpaired) electrons. The molecule has 1 saturated heterocycles. The molecule has 5 heteroatoms. The summed E-state index contributed by atoms with van der Waals surface area (Å²) in [6.07, 6.45) is 1.84. The van der Waals surface area contributed by atoms with Gasteiger partial charge >= 0.3 is 0 Å². The van der Waals surface area contributed by atoms with Crippen LogP contribution < -0.4 is 10.6 Å². The molecule has 18 heavy (non-hydrogen) atoms. The van der Waals surface area contributed by atoms with Gasteiger partial charge in [-0.2, -0.15) is 0 Å². The van der Waals surface area contributed by atoms with E-state index in [1.165, 1.54) is 0 Å². The van der Waals surface area contributed by atoms with Crippen LogP contribution in [0.5, 0.6) is 0 Å². The fraction of sp³-hybridized carbons (Fsp3) is 0.538. The Labute approximate surface area is 114 Å². The Kier molecular flexibility index (Phi) is 4.49. The standard InChI is InChI=1S/C13H20N4S/c1-11(13(14)18)10-16-6-8-17(9-7-16)12-4-2-3-5-15-12/h2-5,11H,6-10H2,1H3,(H2,14,18). The zero-order valence-electron chi connectivity index (χ0n) is 10.7. The first kappa shape index (κ1) is 13.2. The molecule has 0 aromatic carbocycles. The van der Waals surface area contributed by atoms with Gasteiger partial charge in [-0.05, 0) is 12.1 Å². The van der Waals surface area contributed by atoms with Crippen molar-refractivity contribution in [2.45, 2.75) is 6.92 Å². The molecule has 1 unspecified atom stereocenters. The smallest absolute Gasteiger partial charge is 0.128 e. The number of pyridine rings is 1. The number of thiocarbonyl (C=S) groups is 1. The van der Waals surface area contributed by atoms with Crippen molar-refractivity contribution < 1.29 is 0 Å². The maximum absolute atomic E-state index is 5.66. The van der Waals surface area contributed by atoms with Crippen LogP contribution in [0.15, 0.2) is 24.4 Å². The molecule has 0 bridgehead atoms. The molecular formula is C13H20N4S. The molecule has 1 aromatic rings. The van der Waals surface area contributed by atoms with Gasteiger partial charge < -0.3 is 10.6 Å². The van der Waals surface area contributed by atoms with Crippen LogP contribution in [0.4, 0.5) is 5.82 Å². The van der Waals surface area contributed by atoms with Gasteiger partial charge in [0.05, 0.1) is 4.99 Å². The average molecular weight is 264 g/mol. The van der Waals surface area contributed by atoms with Crippen LogP contribution in [0.3, 0.4) is 0 Å². The zero-order valence-corrected chi connectivity index (χ0v) is 11.6. The van der Waals surface area contributed by atoms with Gasteiger partial charge in [0.2, 0.25) is 0 Å². The minimum Gasteiger partial charge on any atom is -0.393 e. The van der Waals surface area contributed by atoms with Gasteiger partial charge in [-0.15, -0.1) is 0 Å². The second-order valence-corrected chi connectivity index (χ2v) is 5.25. The third-order valence-corrected chi connectivity index (χ3v) is 3.77. The lowest BCUT2D eigenvalue weighted by Crippen LogP contribution is -2.48. The SMILES string of the molecule is CC(CN1CCN(c2ccccn2)CC1)C(N)=S. The van der Waals surface area contributed by atoms with Crippen molar-refractivity contribution in [2.24, 2.45) is 11.7 Å². The van der Waals surface area contributed by atoms with E-state index in [2.05, 4.69) is 27.8 Å². The van der Waals surface area contributed by atoms with E-state index in [4.69, 9.17) is 18.0 Å². The van der Waals surface area contributed by atoms with Gasteiger partial charge in [0, 0.05) is 44.8 Å². The summed E-state index contributed by atoms with van der Waals surface area (Å²) in [5, 5.41) is 0. The predicted octanol–water partition coefficient (Wildman–Crippen LogP) is 1.13. The van der Waals surface area contributed by atoms with Crippen LogP contribution in [-0.4, -0.2) is 47.6 Å². The van der Waals surface area contributed by atoms with Gasteiger partial charge in [0.1, 0.15) is 5.82 Å². The molecule has 0 saturated carbocycles. The minimum atomic E-state index is 0.293. The summed E-state index contributed by atoms with van der Waals surface area (Å²) >= 11 is 5.02. The third-order valence-electron chi connectivity index (χ3n) is 3.36. The Morgan fingerprint density at radius 1 is 1.39 bits per heavy atom. The fourth-order valence-corrected chi connectivity index (χ4v) is 2.25. The van der Waals surface area contributed by atoms with Crippen LogP contribution in [0.2, 0.25) is 0 Å². The lowest BCUT2D eigenvalue weighted by Gasteiger charge is -2.36. The van der Waals surface area contributed by atoms with Gasteiger partial charge in [-0.1, -0.05) is 25.2 Å². The summed E-state index contributed by atoms with van der Waals surface area (Å²) in [6.45, 7) is 7.17. The monoisotopic (exact) mass is 264 g/mol. The van der Waals surface area contributed by atoms with Crippen molar-refractivity contribution in [1.29, 1.82) is 0 Å². The van der Waals surface area contributed by atoms with Crippen molar-refractivity contribution >= 4 is 23.0 Å². The minimum absolute atomic E-state index is 0.293. The lowest BCUT2D eigenvalue weighted by atomic mass is 10.1. The first-order chi connectivity index (χ1) is 8.66. The number of aromatic nitrogens is 1. The van der Waals surface area contributed by atoms with Gasteiger partial charge in [0.15, 0.2) is 0 Å². The maximum Gasteiger partial charge on any atom is 0.128 e. The Morgan fingerprint density at radius 3 is 2.67 bits per heavy atom. The summed E-state index contributed by atoms with van der Waals surface area (Å²) < 4.78 is 0. The van der Waals surface area contributed by atoms with Crippen molar-refractivity contribution in [1.82, 2.24) is 9.88 Å². The number of piperazine rings is 1. The van der Waals surface area contributed by atoms with Crippen LogP contribution in [-0.2, 0) is 0 Å². The summed E-state index contributed by atoms with van der Waals surface area (Å²) in [4.78, 5) is 9.74. The highest BCUT2D eigenvalue weighted by molar-refractivity contribution is 7.80. The van der Waals surface area contributed by atoms with E-state index in [0.717, 1.165) is 38.5 Å². The van der Waals surface area contributed by atoms with E-state index in [0.29, 0.717) is 10.9 Å². The van der Waals surface area contributed by atoms with Crippen molar-refractivity contribution in [3.05, 3.63) is 24.4 Å². The average Bonchev–Trinajstić information content (AvgIpc) is 2.40. The highest BCUT2D eigenvalue weighted by atomic mass is 32.1. The lowest BCUT2D eigenvalue weighted by molar-refractivity contribution is 0.244. The molecule has 0 aliphatic carbocycles. The Balaban J connectivity index is 1.83. The Morgan fingerprint density at radius 2 is 2.11 bits per heavy atom. The largest absolute Gasteiger partial charge is 0.393 e. The number of nitrogens with zero attached hydrogens (tertiary/aromatic N) is 3. The third kappa shape index (κ3) is 3.40. The molecule has 1 atom stereocenters. The van der Waals surface area contributed by atoms with Crippen molar-refractivity contribution in [3.8, 4) is 0 Å². The fourth-order valence-electron chi connectivity index (χ4n) is 2.18. The molecule has 1 aliphatic heterocycles. The van der Waals surface area contributed by atoms with Crippen molar-refractivity contribution in [3.63, 3.8) is 0 Å². The summed E-state index contributed by atoms with van der Waals surface area (Å²) in [6, 6.07) is 6.04. The maximum atomic E-state index is 5.66. The topological polar surface area (TPSA) is 45.4 Å². The molecule has 1 fully saturated rings. The molecule has 98 valence electrons. The van der Waals surface area contributed by atoms with Gasteiger partial charge in [-0.3, -0.25) is 4.90 Å². The molecule has 2 N–H and O–H groups in total. The predicted molar refractivity (Wildman–Crippen MR) is 78.8 cm³/mol. The number of anilines is 1. The number of rotatable bonds is 4. The second-order valence-electron chi connectivity index (χ2n) is 4.78. The molecule has 1 aliphatic rings. The first-order valence-electron chi connectivity index (χ1n) is 6.34. The zero-order chi connectivity index (χ0) is 13.0. The normalized spacial score (nSPS) is 18.6. The molecule has 1 aromatic heterocycles. The van der Waals surface area contributed by atoms with E-state index >= 15 is 0 Å². The highest BCUT2D eigenvalue weighted by Crippen LogP contribution is 2.13. The van der Waals surface area contributed by atoms with Crippen LogP contribution in [0, 0.1) is 5.92 Å². The van der Waals surface area contributed by atoms with E-state index < -0.39 is 0 Å². The van der Waals surface area contributed by atoms with Crippen LogP contribution in [0.1, 0.15) is 6.92 Å². The summed E-state index contributed by atoms with van der Waals surface area (Å²) in [5.74, 6) is 1.36. The molecular weight excluding hydrogens is 244 g/mol.